The predicted molar refractivity (Wildman–Crippen MR) is 61.5 cm³/mol. The van der Waals surface area contributed by atoms with Gasteiger partial charge in [0.25, 0.3) is 5.71 Å². The Morgan fingerprint density at radius 3 is 3.25 bits per heavy atom. The zero-order chi connectivity index (χ0) is 10.8. The predicted octanol–water partition coefficient (Wildman–Crippen LogP) is 1.02. The number of anilines is 1. The van der Waals surface area contributed by atoms with Gasteiger partial charge in [-0.2, -0.15) is 4.98 Å². The third-order valence-electron chi connectivity index (χ3n) is 2.87. The van der Waals surface area contributed by atoms with Crippen molar-refractivity contribution in [1.82, 2.24) is 15.5 Å². The molecule has 0 radical (unpaired) electrons. The van der Waals surface area contributed by atoms with Crippen LogP contribution in [0, 0.1) is 0 Å². The van der Waals surface area contributed by atoms with Gasteiger partial charge in [-0.1, -0.05) is 5.16 Å². The van der Waals surface area contributed by atoms with Gasteiger partial charge in [0.05, 0.1) is 11.6 Å². The van der Waals surface area contributed by atoms with Crippen LogP contribution >= 0.6 is 0 Å². The molecule has 84 valence electrons. The van der Waals surface area contributed by atoms with Gasteiger partial charge in [-0.3, -0.25) is 0 Å². The zero-order valence-corrected chi connectivity index (χ0v) is 9.02. The largest absolute Gasteiger partial charge is 0.355 e. The Bertz CT molecular complexity index is 474. The monoisotopic (exact) mass is 218 g/mol. The fourth-order valence-electron chi connectivity index (χ4n) is 2.00. The maximum atomic E-state index is 5.08. The van der Waals surface area contributed by atoms with Crippen LogP contribution < -0.4 is 10.2 Å². The maximum absolute atomic E-state index is 5.08. The Morgan fingerprint density at radius 2 is 2.25 bits per heavy atom. The van der Waals surface area contributed by atoms with E-state index in [1.807, 2.05) is 12.1 Å². The lowest BCUT2D eigenvalue weighted by Crippen LogP contribution is -2.28. The summed E-state index contributed by atoms with van der Waals surface area (Å²) in [5.41, 5.74) is 0.620. The molecule has 0 aromatic carbocycles. The van der Waals surface area contributed by atoms with Crippen molar-refractivity contribution in [2.24, 2.45) is 0 Å². The zero-order valence-electron chi connectivity index (χ0n) is 9.02. The lowest BCUT2D eigenvalue weighted by atomic mass is 10.3. The summed E-state index contributed by atoms with van der Waals surface area (Å²) in [5, 5.41) is 8.07. The van der Waals surface area contributed by atoms with Crippen LogP contribution in [0.3, 0.4) is 0 Å². The summed E-state index contributed by atoms with van der Waals surface area (Å²) in [6, 6.07) is 4.04. The van der Waals surface area contributed by atoms with E-state index >= 15 is 0 Å². The highest BCUT2D eigenvalue weighted by Gasteiger charge is 2.11. The van der Waals surface area contributed by atoms with Crippen LogP contribution in [0.4, 0.5) is 5.82 Å². The molecule has 1 saturated heterocycles. The summed E-state index contributed by atoms with van der Waals surface area (Å²) in [6.45, 7) is 4.13. The second kappa shape index (κ2) is 4.09. The second-order valence-corrected chi connectivity index (χ2v) is 3.98. The standard InChI is InChI=1S/C11H14N4O/c1-4-12-5-7-15(6-1)10-3-2-9-8-13-16-11(9)14-10/h2-3,8,12H,1,4-7H2. The average molecular weight is 218 g/mol. The molecule has 5 heteroatoms. The normalized spacial score (nSPS) is 17.6. The van der Waals surface area contributed by atoms with Gasteiger partial charge < -0.3 is 14.7 Å². The molecule has 0 spiro atoms. The Labute approximate surface area is 93.4 Å². The molecule has 2 aromatic rings. The summed E-state index contributed by atoms with van der Waals surface area (Å²) < 4.78 is 5.08. The van der Waals surface area contributed by atoms with Crippen LogP contribution in [0.25, 0.3) is 11.1 Å². The molecule has 0 atom stereocenters. The van der Waals surface area contributed by atoms with Crippen molar-refractivity contribution in [3.05, 3.63) is 18.3 Å². The van der Waals surface area contributed by atoms with E-state index in [1.165, 1.54) is 0 Å². The molecule has 0 saturated carbocycles. The Hall–Kier alpha value is -1.62. The van der Waals surface area contributed by atoms with Gasteiger partial charge in [-0.05, 0) is 25.1 Å². The maximum Gasteiger partial charge on any atom is 0.259 e. The van der Waals surface area contributed by atoms with Crippen molar-refractivity contribution in [2.75, 3.05) is 31.1 Å². The third kappa shape index (κ3) is 1.74. The summed E-state index contributed by atoms with van der Waals surface area (Å²) >= 11 is 0. The van der Waals surface area contributed by atoms with Gasteiger partial charge in [-0.25, -0.2) is 0 Å². The average Bonchev–Trinajstić information content (AvgIpc) is 2.61. The van der Waals surface area contributed by atoms with Gasteiger partial charge in [0, 0.05) is 19.6 Å². The highest BCUT2D eigenvalue weighted by Crippen LogP contribution is 2.17. The summed E-state index contributed by atoms with van der Waals surface area (Å²) in [5.74, 6) is 0.980. The first-order chi connectivity index (χ1) is 7.93. The number of hydrogen-bond acceptors (Lipinski definition) is 5. The number of pyridine rings is 1. The van der Waals surface area contributed by atoms with E-state index in [4.69, 9.17) is 4.52 Å². The Kier molecular flexibility index (Phi) is 2.46. The van der Waals surface area contributed by atoms with Crippen molar-refractivity contribution >= 4 is 16.9 Å². The van der Waals surface area contributed by atoms with Crippen molar-refractivity contribution in [2.45, 2.75) is 6.42 Å². The number of nitrogens with one attached hydrogen (secondary N) is 1. The summed E-state index contributed by atoms with van der Waals surface area (Å²) in [4.78, 5) is 6.75. The SMILES string of the molecule is c1cc2cnoc2nc1N1CCCNCC1. The van der Waals surface area contributed by atoms with Crippen LogP contribution in [0.5, 0.6) is 0 Å². The smallest absolute Gasteiger partial charge is 0.259 e. The van der Waals surface area contributed by atoms with E-state index in [-0.39, 0.29) is 0 Å². The molecule has 3 rings (SSSR count). The van der Waals surface area contributed by atoms with E-state index in [0.717, 1.165) is 43.8 Å². The number of fused-ring (bicyclic) bond motifs is 1. The molecule has 0 bridgehead atoms. The van der Waals surface area contributed by atoms with E-state index in [1.54, 1.807) is 6.20 Å². The van der Waals surface area contributed by atoms with Gasteiger partial charge in [-0.15, -0.1) is 0 Å². The van der Waals surface area contributed by atoms with Gasteiger partial charge >= 0.3 is 0 Å². The van der Waals surface area contributed by atoms with Crippen LogP contribution in [0.1, 0.15) is 6.42 Å². The molecule has 5 nitrogen and oxygen atoms in total. The highest BCUT2D eigenvalue weighted by molar-refractivity contribution is 5.73. The Morgan fingerprint density at radius 1 is 1.25 bits per heavy atom. The molecule has 1 aliphatic heterocycles. The van der Waals surface area contributed by atoms with Crippen LogP contribution in [0.2, 0.25) is 0 Å². The highest BCUT2D eigenvalue weighted by atomic mass is 16.5. The molecule has 1 aliphatic rings. The van der Waals surface area contributed by atoms with Crippen molar-refractivity contribution in [3.63, 3.8) is 0 Å². The topological polar surface area (TPSA) is 54.2 Å². The Balaban J connectivity index is 1.91. The first-order valence-corrected chi connectivity index (χ1v) is 5.60. The van der Waals surface area contributed by atoms with E-state index in [9.17, 15) is 0 Å². The molecule has 0 unspecified atom stereocenters. The van der Waals surface area contributed by atoms with Crippen LogP contribution in [-0.4, -0.2) is 36.3 Å². The fraction of sp³-hybridized carbons (Fsp3) is 0.455. The van der Waals surface area contributed by atoms with E-state index < -0.39 is 0 Å². The van der Waals surface area contributed by atoms with Gasteiger partial charge in [0.1, 0.15) is 5.82 Å². The molecule has 0 amide bonds. The number of nitrogens with zero attached hydrogens (tertiary/aromatic N) is 3. The van der Waals surface area contributed by atoms with E-state index in [0.29, 0.717) is 5.71 Å². The third-order valence-corrected chi connectivity index (χ3v) is 2.87. The lowest BCUT2D eigenvalue weighted by molar-refractivity contribution is 0.448. The quantitative estimate of drug-likeness (QED) is 0.774. The fourth-order valence-corrected chi connectivity index (χ4v) is 2.00. The minimum Gasteiger partial charge on any atom is -0.355 e. The summed E-state index contributed by atoms with van der Waals surface area (Å²) in [6.07, 6.45) is 2.84. The first-order valence-electron chi connectivity index (χ1n) is 5.60. The van der Waals surface area contributed by atoms with Crippen molar-refractivity contribution in [1.29, 1.82) is 0 Å². The van der Waals surface area contributed by atoms with Crippen molar-refractivity contribution in [3.8, 4) is 0 Å². The van der Waals surface area contributed by atoms with Crippen LogP contribution in [0.15, 0.2) is 22.9 Å². The molecule has 1 fully saturated rings. The molecular formula is C11H14N4O. The molecule has 16 heavy (non-hydrogen) atoms. The first kappa shape index (κ1) is 9.59. The minimum absolute atomic E-state index is 0.620. The number of rotatable bonds is 1. The van der Waals surface area contributed by atoms with E-state index in [2.05, 4.69) is 20.4 Å². The number of aromatic nitrogens is 2. The molecule has 1 N–H and O–H groups in total. The van der Waals surface area contributed by atoms with Gasteiger partial charge in [0.2, 0.25) is 0 Å². The molecular weight excluding hydrogens is 204 g/mol. The number of hydrogen-bond donors (Lipinski definition) is 1. The second-order valence-electron chi connectivity index (χ2n) is 3.98. The molecule has 2 aromatic heterocycles. The molecule has 3 heterocycles. The minimum atomic E-state index is 0.620. The van der Waals surface area contributed by atoms with Crippen molar-refractivity contribution < 1.29 is 4.52 Å². The van der Waals surface area contributed by atoms with Gasteiger partial charge in [0.15, 0.2) is 0 Å². The van der Waals surface area contributed by atoms with Crippen LogP contribution in [-0.2, 0) is 0 Å². The lowest BCUT2D eigenvalue weighted by Gasteiger charge is -2.20. The summed E-state index contributed by atoms with van der Waals surface area (Å²) in [7, 11) is 0. The molecule has 0 aliphatic carbocycles.